The summed E-state index contributed by atoms with van der Waals surface area (Å²) in [7, 11) is 1.83. The summed E-state index contributed by atoms with van der Waals surface area (Å²) in [6.07, 6.45) is 3.99. The van der Waals surface area contributed by atoms with Crippen molar-refractivity contribution in [1.29, 1.82) is 0 Å². The number of aryl methyl sites for hydroxylation is 1. The van der Waals surface area contributed by atoms with E-state index in [1.807, 2.05) is 80.0 Å². The second kappa shape index (κ2) is 11.3. The molecule has 1 aliphatic rings. The molecule has 6 aromatic rings. The highest BCUT2D eigenvalue weighted by Crippen LogP contribution is 2.55. The maximum Gasteiger partial charge on any atom is 0.339 e. The van der Waals surface area contributed by atoms with E-state index >= 15 is 0 Å². The van der Waals surface area contributed by atoms with Crippen molar-refractivity contribution in [3.8, 4) is 33.7 Å². The zero-order valence-corrected chi connectivity index (χ0v) is 24.4. The number of carbonyl (C=O) groups is 1. The fourth-order valence-corrected chi connectivity index (χ4v) is 5.88. The lowest BCUT2D eigenvalue weighted by molar-refractivity contribution is 0.0695. The van der Waals surface area contributed by atoms with Gasteiger partial charge >= 0.3 is 5.97 Å². The lowest BCUT2D eigenvalue weighted by Gasteiger charge is -2.17. The van der Waals surface area contributed by atoms with E-state index in [9.17, 15) is 9.90 Å². The van der Waals surface area contributed by atoms with Gasteiger partial charge < -0.3 is 9.84 Å². The zero-order chi connectivity index (χ0) is 30.2. The molecule has 1 saturated carbocycles. The molecule has 218 valence electrons. The molecule has 1 unspecified atom stereocenters. The predicted molar refractivity (Wildman–Crippen MR) is 168 cm³/mol. The van der Waals surface area contributed by atoms with Crippen molar-refractivity contribution in [2.75, 3.05) is 0 Å². The van der Waals surface area contributed by atoms with Crippen molar-refractivity contribution in [3.05, 3.63) is 138 Å². The maximum absolute atomic E-state index is 12.2. The van der Waals surface area contributed by atoms with Crippen LogP contribution < -0.4 is 4.74 Å². The number of rotatable bonds is 9. The molecule has 0 spiro atoms. The average molecular weight is 582 g/mol. The summed E-state index contributed by atoms with van der Waals surface area (Å²) in [4.78, 5) is 12.2. The predicted octanol–water partition coefficient (Wildman–Crippen LogP) is 7.44. The average Bonchev–Trinajstić information content (AvgIpc) is 3.50. The van der Waals surface area contributed by atoms with Crippen LogP contribution in [0.3, 0.4) is 0 Å². The molecule has 8 nitrogen and oxygen atoms in total. The molecule has 8 heteroatoms. The molecule has 1 fully saturated rings. The van der Waals surface area contributed by atoms with Gasteiger partial charge in [-0.1, -0.05) is 78.0 Å². The molecule has 7 rings (SSSR count). The Balaban J connectivity index is 1.14. The van der Waals surface area contributed by atoms with Crippen LogP contribution in [0.1, 0.15) is 58.6 Å². The molecule has 0 saturated heterocycles. The van der Waals surface area contributed by atoms with Crippen LogP contribution >= 0.6 is 0 Å². The number of hydrogen-bond acceptors (Lipinski definition) is 5. The Morgan fingerprint density at radius 1 is 0.864 bits per heavy atom. The first kappa shape index (κ1) is 27.3. The number of benzene rings is 4. The summed E-state index contributed by atoms with van der Waals surface area (Å²) in [5.74, 6) is -0.101. The van der Waals surface area contributed by atoms with Gasteiger partial charge in [0.15, 0.2) is 0 Å². The van der Waals surface area contributed by atoms with E-state index in [-0.39, 0.29) is 23.5 Å². The van der Waals surface area contributed by atoms with E-state index in [1.54, 1.807) is 9.36 Å². The zero-order valence-electron chi connectivity index (χ0n) is 24.4. The van der Waals surface area contributed by atoms with Gasteiger partial charge in [0, 0.05) is 25.1 Å². The summed E-state index contributed by atoms with van der Waals surface area (Å²) in [5.41, 5.74) is 7.96. The Kier molecular flexibility index (Phi) is 7.02. The number of hydrogen-bond donors (Lipinski definition) is 1. The lowest BCUT2D eigenvalue weighted by atomic mass is 10.0. The molecule has 1 N–H and O–H groups in total. The molecule has 1 aliphatic carbocycles. The van der Waals surface area contributed by atoms with Crippen molar-refractivity contribution < 1.29 is 14.6 Å². The summed E-state index contributed by atoms with van der Waals surface area (Å²) >= 11 is 0. The highest BCUT2D eigenvalue weighted by atomic mass is 16.5. The number of ether oxygens (including phenoxy) is 1. The quantitative estimate of drug-likeness (QED) is 0.191. The normalized spacial score (nSPS) is 16.4. The molecule has 0 amide bonds. The fraction of sp³-hybridized carbons (Fsp3) is 0.167. The van der Waals surface area contributed by atoms with Crippen LogP contribution in [0.25, 0.3) is 27.9 Å². The second-order valence-corrected chi connectivity index (χ2v) is 11.3. The van der Waals surface area contributed by atoms with Gasteiger partial charge in [-0.05, 0) is 71.5 Å². The van der Waals surface area contributed by atoms with Crippen LogP contribution in [0.5, 0.6) is 5.75 Å². The third kappa shape index (κ3) is 5.38. The lowest BCUT2D eigenvalue weighted by Crippen LogP contribution is -2.06. The van der Waals surface area contributed by atoms with Crippen molar-refractivity contribution in [2.45, 2.75) is 31.3 Å². The Hall–Kier alpha value is -5.50. The van der Waals surface area contributed by atoms with Crippen molar-refractivity contribution in [2.24, 2.45) is 7.05 Å². The monoisotopic (exact) mass is 581 g/mol. The van der Waals surface area contributed by atoms with Crippen molar-refractivity contribution in [1.82, 2.24) is 24.8 Å². The smallest absolute Gasteiger partial charge is 0.339 e. The number of carboxylic acid groups (broad SMARTS) is 1. The number of aromatic nitrogens is 5. The Morgan fingerprint density at radius 3 is 2.32 bits per heavy atom. The summed E-state index contributed by atoms with van der Waals surface area (Å²) in [6.45, 7) is 2.06. The summed E-state index contributed by atoms with van der Waals surface area (Å²) < 4.78 is 9.85. The molecule has 0 bridgehead atoms. The molecular formula is C36H31N5O3. The van der Waals surface area contributed by atoms with Gasteiger partial charge in [-0.3, -0.25) is 4.68 Å². The van der Waals surface area contributed by atoms with Gasteiger partial charge in [-0.2, -0.15) is 5.10 Å². The summed E-state index contributed by atoms with van der Waals surface area (Å²) in [5, 5.41) is 22.8. The topological polar surface area (TPSA) is 95.1 Å². The molecule has 0 aliphatic heterocycles. The van der Waals surface area contributed by atoms with E-state index < -0.39 is 5.97 Å². The molecular weight excluding hydrogens is 550 g/mol. The standard InChI is InChI=1S/C36H31N5O3/c1-23(25-11-6-12-26(17-25)24-9-4-3-5-10-24)44-30-16-8-14-28(19-30)27-13-7-15-29(18-27)41-35(33(21-37-41)36(42)43)32-20-31(32)34-22-40(2)39-38-34/h3-19,21-23,31-32H,20H2,1-2H3,(H,42,43)/t23?,31-,32+/m0/s1. The number of carboxylic acids is 1. The van der Waals surface area contributed by atoms with Crippen LogP contribution in [-0.4, -0.2) is 35.9 Å². The largest absolute Gasteiger partial charge is 0.486 e. The van der Waals surface area contributed by atoms with Gasteiger partial charge in [0.1, 0.15) is 17.4 Å². The molecule has 2 heterocycles. The van der Waals surface area contributed by atoms with Gasteiger partial charge in [0.2, 0.25) is 0 Å². The SMILES string of the molecule is CC(Oc1cccc(-c2cccc(-n3ncc(C(=O)O)c3[C@@H]3C[C@@H]3c3cn(C)nn3)c2)c1)c1cccc(-c2ccccc2)c1. The van der Waals surface area contributed by atoms with Crippen molar-refractivity contribution >= 4 is 5.97 Å². The first-order chi connectivity index (χ1) is 21.4. The van der Waals surface area contributed by atoms with Crippen LogP contribution in [0.4, 0.5) is 0 Å². The fourth-order valence-electron chi connectivity index (χ4n) is 5.88. The van der Waals surface area contributed by atoms with E-state index in [4.69, 9.17) is 4.74 Å². The van der Waals surface area contributed by atoms with Crippen molar-refractivity contribution in [3.63, 3.8) is 0 Å². The minimum Gasteiger partial charge on any atom is -0.486 e. The second-order valence-electron chi connectivity index (χ2n) is 11.3. The molecule has 4 aromatic carbocycles. The Labute approximate surface area is 255 Å². The minimum atomic E-state index is -0.986. The third-order valence-corrected chi connectivity index (χ3v) is 8.21. The minimum absolute atomic E-state index is 0.00238. The Bertz CT molecular complexity index is 1960. The highest BCUT2D eigenvalue weighted by molar-refractivity contribution is 5.89. The molecule has 0 radical (unpaired) electrons. The molecule has 44 heavy (non-hydrogen) atoms. The van der Waals surface area contributed by atoms with E-state index in [0.29, 0.717) is 5.69 Å². The first-order valence-electron chi connectivity index (χ1n) is 14.6. The first-order valence-corrected chi connectivity index (χ1v) is 14.6. The number of aromatic carboxylic acids is 1. The van der Waals surface area contributed by atoms with Gasteiger partial charge in [-0.15, -0.1) is 5.10 Å². The van der Waals surface area contributed by atoms with Gasteiger partial charge in [-0.25, -0.2) is 9.48 Å². The third-order valence-electron chi connectivity index (χ3n) is 8.21. The number of nitrogens with zero attached hydrogens (tertiary/aromatic N) is 5. The van der Waals surface area contributed by atoms with Gasteiger partial charge in [0.25, 0.3) is 0 Å². The van der Waals surface area contributed by atoms with Crippen LogP contribution in [0.15, 0.2) is 116 Å². The summed E-state index contributed by atoms with van der Waals surface area (Å²) in [6, 6.07) is 34.8. The van der Waals surface area contributed by atoms with Crippen LogP contribution in [-0.2, 0) is 7.05 Å². The molecule has 2 aromatic heterocycles. The van der Waals surface area contributed by atoms with Crippen LogP contribution in [0, 0.1) is 0 Å². The van der Waals surface area contributed by atoms with Gasteiger partial charge in [0.05, 0.1) is 23.3 Å². The van der Waals surface area contributed by atoms with E-state index in [1.165, 1.54) is 11.8 Å². The van der Waals surface area contributed by atoms with E-state index in [2.05, 4.69) is 58.7 Å². The molecule has 3 atom stereocenters. The highest BCUT2D eigenvalue weighted by Gasteiger charge is 2.46. The van der Waals surface area contributed by atoms with E-state index in [0.717, 1.165) is 45.8 Å². The maximum atomic E-state index is 12.2. The van der Waals surface area contributed by atoms with Crippen LogP contribution in [0.2, 0.25) is 0 Å². The Morgan fingerprint density at radius 2 is 1.57 bits per heavy atom.